The molecule has 0 spiro atoms. The molecule has 0 radical (unpaired) electrons. The van der Waals surface area contributed by atoms with Gasteiger partial charge in [0.2, 0.25) is 0 Å². The van der Waals surface area contributed by atoms with Crippen LogP contribution in [-0.4, -0.2) is 17.1 Å². The molecule has 2 N–H and O–H groups in total. The highest BCUT2D eigenvalue weighted by Crippen LogP contribution is 2.20. The Balaban J connectivity index is 2.86. The van der Waals surface area contributed by atoms with Gasteiger partial charge in [-0.3, -0.25) is 0 Å². The Morgan fingerprint density at radius 3 is 2.53 bits per heavy atom. The van der Waals surface area contributed by atoms with Gasteiger partial charge in [-0.2, -0.15) is 0 Å². The van der Waals surface area contributed by atoms with E-state index in [0.717, 1.165) is 11.3 Å². The highest BCUT2D eigenvalue weighted by Gasteiger charge is 2.19. The Morgan fingerprint density at radius 2 is 2.00 bits per heavy atom. The number of hydrogen-bond donors (Lipinski definition) is 2. The molecule has 0 saturated heterocycles. The Bertz CT molecular complexity index is 399. The van der Waals surface area contributed by atoms with E-state index in [9.17, 15) is 9.90 Å². The Labute approximate surface area is 103 Å². The zero-order valence-electron chi connectivity index (χ0n) is 10.9. The van der Waals surface area contributed by atoms with E-state index >= 15 is 0 Å². The maximum atomic E-state index is 11.2. The SMILES string of the molecule is Cc1cccc(NC(CC(C)C)C(=O)O)c1C. The highest BCUT2D eigenvalue weighted by molar-refractivity contribution is 5.77. The molecular formula is C14H21NO2. The number of nitrogens with one attached hydrogen (secondary N) is 1. The molecule has 3 nitrogen and oxygen atoms in total. The summed E-state index contributed by atoms with van der Waals surface area (Å²) in [5, 5.41) is 12.3. The maximum Gasteiger partial charge on any atom is 0.326 e. The molecule has 0 amide bonds. The zero-order chi connectivity index (χ0) is 13.0. The van der Waals surface area contributed by atoms with Gasteiger partial charge in [-0.1, -0.05) is 26.0 Å². The predicted octanol–water partition coefficient (Wildman–Crippen LogP) is 3.21. The number of aliphatic carboxylic acids is 1. The maximum absolute atomic E-state index is 11.2. The first-order valence-corrected chi connectivity index (χ1v) is 5.97. The lowest BCUT2D eigenvalue weighted by Crippen LogP contribution is -2.31. The predicted molar refractivity (Wildman–Crippen MR) is 70.4 cm³/mol. The van der Waals surface area contributed by atoms with Gasteiger partial charge in [-0.05, 0) is 43.4 Å². The van der Waals surface area contributed by atoms with Crippen molar-refractivity contribution in [3.05, 3.63) is 29.3 Å². The summed E-state index contributed by atoms with van der Waals surface area (Å²) in [6.45, 7) is 8.09. The van der Waals surface area contributed by atoms with Crippen molar-refractivity contribution in [3.63, 3.8) is 0 Å². The molecule has 0 heterocycles. The van der Waals surface area contributed by atoms with Gasteiger partial charge in [-0.25, -0.2) is 4.79 Å². The van der Waals surface area contributed by atoms with Gasteiger partial charge in [0.1, 0.15) is 6.04 Å². The van der Waals surface area contributed by atoms with E-state index in [2.05, 4.69) is 5.32 Å². The second-order valence-corrected chi connectivity index (χ2v) is 4.91. The number of rotatable bonds is 5. The van der Waals surface area contributed by atoms with Crippen molar-refractivity contribution in [2.24, 2.45) is 5.92 Å². The lowest BCUT2D eigenvalue weighted by Gasteiger charge is -2.19. The van der Waals surface area contributed by atoms with Crippen molar-refractivity contribution in [2.45, 2.75) is 40.2 Å². The number of carboxylic acid groups (broad SMARTS) is 1. The lowest BCUT2D eigenvalue weighted by molar-refractivity contribution is -0.138. The fraction of sp³-hybridized carbons (Fsp3) is 0.500. The second-order valence-electron chi connectivity index (χ2n) is 4.91. The minimum Gasteiger partial charge on any atom is -0.480 e. The van der Waals surface area contributed by atoms with Gasteiger partial charge < -0.3 is 10.4 Å². The first-order valence-electron chi connectivity index (χ1n) is 5.97. The molecule has 1 atom stereocenters. The molecule has 1 rings (SSSR count). The molecular weight excluding hydrogens is 214 g/mol. The Kier molecular flexibility index (Phi) is 4.55. The number of anilines is 1. The normalized spacial score (nSPS) is 12.5. The van der Waals surface area contributed by atoms with Gasteiger partial charge in [0, 0.05) is 5.69 Å². The van der Waals surface area contributed by atoms with Crippen LogP contribution in [0.5, 0.6) is 0 Å². The molecule has 1 unspecified atom stereocenters. The standard InChI is InChI=1S/C14H21NO2/c1-9(2)8-13(14(16)17)15-12-7-5-6-10(3)11(12)4/h5-7,9,13,15H,8H2,1-4H3,(H,16,17). The van der Waals surface area contributed by atoms with Crippen molar-refractivity contribution < 1.29 is 9.90 Å². The summed E-state index contributed by atoms with van der Waals surface area (Å²) in [4.78, 5) is 11.2. The van der Waals surface area contributed by atoms with Gasteiger partial charge in [0.15, 0.2) is 0 Å². The van der Waals surface area contributed by atoms with E-state index in [0.29, 0.717) is 12.3 Å². The summed E-state index contributed by atoms with van der Waals surface area (Å²) in [5.41, 5.74) is 3.20. The molecule has 0 fully saturated rings. The van der Waals surface area contributed by atoms with E-state index in [1.807, 2.05) is 45.9 Å². The molecule has 0 aromatic heterocycles. The minimum absolute atomic E-state index is 0.355. The van der Waals surface area contributed by atoms with Crippen molar-refractivity contribution in [2.75, 3.05) is 5.32 Å². The van der Waals surface area contributed by atoms with E-state index in [4.69, 9.17) is 0 Å². The van der Waals surface area contributed by atoms with Crippen LogP contribution in [0.15, 0.2) is 18.2 Å². The molecule has 0 aliphatic carbocycles. The van der Waals surface area contributed by atoms with Gasteiger partial charge in [0.05, 0.1) is 0 Å². The average molecular weight is 235 g/mol. The van der Waals surface area contributed by atoms with Crippen LogP contribution in [0.4, 0.5) is 5.69 Å². The zero-order valence-corrected chi connectivity index (χ0v) is 10.9. The van der Waals surface area contributed by atoms with Crippen molar-refractivity contribution in [1.29, 1.82) is 0 Å². The van der Waals surface area contributed by atoms with Crippen molar-refractivity contribution in [3.8, 4) is 0 Å². The number of carbonyl (C=O) groups is 1. The van der Waals surface area contributed by atoms with Crippen molar-refractivity contribution >= 4 is 11.7 Å². The first-order chi connectivity index (χ1) is 7.91. The van der Waals surface area contributed by atoms with Gasteiger partial charge in [-0.15, -0.1) is 0 Å². The number of carboxylic acids is 1. The summed E-state index contributed by atoms with van der Waals surface area (Å²) in [5.74, 6) is -0.437. The number of hydrogen-bond acceptors (Lipinski definition) is 2. The summed E-state index contributed by atoms with van der Waals surface area (Å²) in [6.07, 6.45) is 0.628. The largest absolute Gasteiger partial charge is 0.480 e. The average Bonchev–Trinajstić information content (AvgIpc) is 2.22. The first kappa shape index (κ1) is 13.6. The summed E-state index contributed by atoms with van der Waals surface area (Å²) < 4.78 is 0. The molecule has 17 heavy (non-hydrogen) atoms. The molecule has 0 aliphatic heterocycles. The molecule has 3 heteroatoms. The van der Waals surface area contributed by atoms with Crippen LogP contribution in [-0.2, 0) is 4.79 Å². The van der Waals surface area contributed by atoms with E-state index in [-0.39, 0.29) is 0 Å². The molecule has 0 aliphatic rings. The van der Waals surface area contributed by atoms with E-state index in [1.165, 1.54) is 5.56 Å². The fourth-order valence-electron chi connectivity index (χ4n) is 1.79. The third-order valence-corrected chi connectivity index (χ3v) is 2.94. The molecule has 0 bridgehead atoms. The van der Waals surface area contributed by atoms with Crippen molar-refractivity contribution in [1.82, 2.24) is 0 Å². The minimum atomic E-state index is -0.792. The van der Waals surface area contributed by atoms with Crippen LogP contribution in [0.25, 0.3) is 0 Å². The summed E-state index contributed by atoms with van der Waals surface area (Å²) in [6, 6.07) is 5.38. The second kappa shape index (κ2) is 5.71. The summed E-state index contributed by atoms with van der Waals surface area (Å²) in [7, 11) is 0. The summed E-state index contributed by atoms with van der Waals surface area (Å²) >= 11 is 0. The third-order valence-electron chi connectivity index (χ3n) is 2.94. The van der Waals surface area contributed by atoms with Crippen LogP contribution in [0, 0.1) is 19.8 Å². The van der Waals surface area contributed by atoms with Crippen LogP contribution in [0.2, 0.25) is 0 Å². The third kappa shape index (κ3) is 3.77. The topological polar surface area (TPSA) is 49.3 Å². The Hall–Kier alpha value is -1.51. The van der Waals surface area contributed by atoms with E-state index < -0.39 is 12.0 Å². The van der Waals surface area contributed by atoms with Crippen LogP contribution < -0.4 is 5.32 Å². The number of benzene rings is 1. The Morgan fingerprint density at radius 1 is 1.35 bits per heavy atom. The van der Waals surface area contributed by atoms with Crippen LogP contribution in [0.3, 0.4) is 0 Å². The van der Waals surface area contributed by atoms with Gasteiger partial charge in [0.25, 0.3) is 0 Å². The molecule has 1 aromatic rings. The highest BCUT2D eigenvalue weighted by atomic mass is 16.4. The fourth-order valence-corrected chi connectivity index (χ4v) is 1.79. The van der Waals surface area contributed by atoms with Crippen LogP contribution in [0.1, 0.15) is 31.4 Å². The van der Waals surface area contributed by atoms with E-state index in [1.54, 1.807) is 0 Å². The lowest BCUT2D eigenvalue weighted by atomic mass is 10.0. The number of aryl methyl sites for hydroxylation is 1. The smallest absolute Gasteiger partial charge is 0.326 e. The monoisotopic (exact) mass is 235 g/mol. The van der Waals surface area contributed by atoms with Gasteiger partial charge >= 0.3 is 5.97 Å². The molecule has 1 aromatic carbocycles. The molecule has 94 valence electrons. The molecule has 0 saturated carbocycles. The van der Waals surface area contributed by atoms with Crippen LogP contribution >= 0.6 is 0 Å². The quantitative estimate of drug-likeness (QED) is 0.824.